The van der Waals surface area contributed by atoms with Crippen molar-refractivity contribution in [2.45, 2.75) is 31.9 Å². The first-order valence-corrected chi connectivity index (χ1v) is 10.1. The molecule has 0 aromatic heterocycles. The summed E-state index contributed by atoms with van der Waals surface area (Å²) in [5.74, 6) is 1.06. The molecule has 0 saturated heterocycles. The molecule has 0 bridgehead atoms. The van der Waals surface area contributed by atoms with Crippen LogP contribution in [0, 0.1) is 11.7 Å². The summed E-state index contributed by atoms with van der Waals surface area (Å²) < 4.78 is 24.8. The van der Waals surface area contributed by atoms with E-state index in [1.807, 2.05) is 18.2 Å². The highest BCUT2D eigenvalue weighted by Crippen LogP contribution is 2.33. The van der Waals surface area contributed by atoms with Crippen LogP contribution >= 0.6 is 0 Å². The Labute approximate surface area is 175 Å². The van der Waals surface area contributed by atoms with Crippen LogP contribution in [0.2, 0.25) is 0 Å². The zero-order valence-electron chi connectivity index (χ0n) is 17.1. The fourth-order valence-electron chi connectivity index (χ4n) is 3.61. The third kappa shape index (κ3) is 4.40. The lowest BCUT2D eigenvalue weighted by atomic mass is 10.0. The van der Waals surface area contributed by atoms with E-state index >= 15 is 0 Å². The highest BCUT2D eigenvalue weighted by molar-refractivity contribution is 6.01. The summed E-state index contributed by atoms with van der Waals surface area (Å²) in [7, 11) is 3.17. The zero-order valence-corrected chi connectivity index (χ0v) is 17.1. The number of oxime groups is 1. The predicted octanol–water partition coefficient (Wildman–Crippen LogP) is 3.77. The number of methoxy groups -OCH3 is 2. The highest BCUT2D eigenvalue weighted by Gasteiger charge is 2.36. The number of carbonyl (C=O) groups is 1. The second-order valence-corrected chi connectivity index (χ2v) is 7.62. The molecule has 1 amide bonds. The van der Waals surface area contributed by atoms with Crippen molar-refractivity contribution in [3.05, 3.63) is 59.4 Å². The second kappa shape index (κ2) is 8.73. The van der Waals surface area contributed by atoms with Gasteiger partial charge in [0.2, 0.25) is 5.91 Å². The minimum absolute atomic E-state index is 0.0458. The number of benzene rings is 2. The number of hydrogen-bond acceptors (Lipinski definition) is 5. The van der Waals surface area contributed by atoms with Gasteiger partial charge in [-0.3, -0.25) is 4.79 Å². The van der Waals surface area contributed by atoms with Crippen molar-refractivity contribution in [3.63, 3.8) is 0 Å². The van der Waals surface area contributed by atoms with E-state index in [1.54, 1.807) is 37.3 Å². The van der Waals surface area contributed by atoms with E-state index in [9.17, 15) is 9.18 Å². The zero-order chi connectivity index (χ0) is 21.1. The summed E-state index contributed by atoms with van der Waals surface area (Å²) in [4.78, 5) is 20.1. The number of carbonyl (C=O) groups excluding carboxylic acids is 1. The van der Waals surface area contributed by atoms with Gasteiger partial charge >= 0.3 is 0 Å². The van der Waals surface area contributed by atoms with Gasteiger partial charge in [0.1, 0.15) is 5.82 Å². The number of hydrogen-bond donors (Lipinski definition) is 0. The normalized spacial score (nSPS) is 17.8. The molecule has 30 heavy (non-hydrogen) atoms. The summed E-state index contributed by atoms with van der Waals surface area (Å²) >= 11 is 0. The van der Waals surface area contributed by atoms with E-state index in [4.69, 9.17) is 14.3 Å². The maximum absolute atomic E-state index is 14.1. The lowest BCUT2D eigenvalue weighted by Crippen LogP contribution is -2.38. The third-order valence-corrected chi connectivity index (χ3v) is 5.43. The largest absolute Gasteiger partial charge is 0.493 e. The molecule has 1 aliphatic carbocycles. The summed E-state index contributed by atoms with van der Waals surface area (Å²) in [5, 5.41) is 4.22. The molecule has 0 N–H and O–H groups in total. The predicted molar refractivity (Wildman–Crippen MR) is 110 cm³/mol. The molecular formula is C23H25FN2O4. The summed E-state index contributed by atoms with van der Waals surface area (Å²) in [5.41, 5.74) is 2.17. The van der Waals surface area contributed by atoms with Gasteiger partial charge in [0.05, 0.1) is 26.5 Å². The van der Waals surface area contributed by atoms with E-state index in [0.29, 0.717) is 30.0 Å². The Kier molecular flexibility index (Phi) is 5.88. The first kappa shape index (κ1) is 20.2. The van der Waals surface area contributed by atoms with Crippen molar-refractivity contribution in [1.29, 1.82) is 0 Å². The Hall–Kier alpha value is -3.09. The Balaban J connectivity index is 1.45. The molecule has 2 aromatic carbocycles. The van der Waals surface area contributed by atoms with Gasteiger partial charge in [0, 0.05) is 30.0 Å². The molecule has 6 nitrogen and oxygen atoms in total. The van der Waals surface area contributed by atoms with Crippen molar-refractivity contribution in [3.8, 4) is 11.5 Å². The standard InChI is InChI=1S/C23H25FN2O4/c1-28-21-10-9-16(11-22(21)29-2)20-12-18(30-25-20)14-26(23(27)15-7-8-15)13-17-5-3-4-6-19(17)24/h3-6,9-11,15,18H,7-8,12-14H2,1-2H3. The van der Waals surface area contributed by atoms with E-state index in [-0.39, 0.29) is 30.3 Å². The molecular weight excluding hydrogens is 387 g/mol. The number of rotatable bonds is 8. The van der Waals surface area contributed by atoms with Gasteiger partial charge in [0.25, 0.3) is 0 Å². The van der Waals surface area contributed by atoms with Crippen LogP contribution in [0.3, 0.4) is 0 Å². The van der Waals surface area contributed by atoms with Crippen LogP contribution in [0.25, 0.3) is 0 Å². The third-order valence-electron chi connectivity index (χ3n) is 5.43. The van der Waals surface area contributed by atoms with Gasteiger partial charge in [-0.2, -0.15) is 0 Å². The fraction of sp³-hybridized carbons (Fsp3) is 0.391. The van der Waals surface area contributed by atoms with Gasteiger partial charge < -0.3 is 19.2 Å². The summed E-state index contributed by atoms with van der Waals surface area (Å²) in [6.07, 6.45) is 2.07. The Bertz CT molecular complexity index is 958. The lowest BCUT2D eigenvalue weighted by Gasteiger charge is -2.25. The molecule has 7 heteroatoms. The first-order valence-electron chi connectivity index (χ1n) is 10.1. The van der Waals surface area contributed by atoms with E-state index < -0.39 is 0 Å². The fourth-order valence-corrected chi connectivity index (χ4v) is 3.61. The van der Waals surface area contributed by atoms with Crippen LogP contribution in [0.15, 0.2) is 47.6 Å². The molecule has 1 unspecified atom stereocenters. The van der Waals surface area contributed by atoms with Gasteiger partial charge in [-0.05, 0) is 37.1 Å². The van der Waals surface area contributed by atoms with Crippen LogP contribution in [0.1, 0.15) is 30.4 Å². The quantitative estimate of drug-likeness (QED) is 0.662. The average molecular weight is 412 g/mol. The smallest absolute Gasteiger partial charge is 0.226 e. The molecule has 158 valence electrons. The molecule has 4 rings (SSSR count). The summed E-state index contributed by atoms with van der Waals surface area (Å²) in [6.45, 7) is 0.595. The van der Waals surface area contributed by atoms with E-state index in [2.05, 4.69) is 5.16 Å². The second-order valence-electron chi connectivity index (χ2n) is 7.62. The van der Waals surface area contributed by atoms with Crippen molar-refractivity contribution in [2.75, 3.05) is 20.8 Å². The molecule has 0 spiro atoms. The number of nitrogens with zero attached hydrogens (tertiary/aromatic N) is 2. The topological polar surface area (TPSA) is 60.4 Å². The number of halogens is 1. The number of ether oxygens (including phenoxy) is 2. The Morgan fingerprint density at radius 3 is 2.63 bits per heavy atom. The minimum Gasteiger partial charge on any atom is -0.493 e. The Morgan fingerprint density at radius 2 is 1.93 bits per heavy atom. The molecule has 1 aliphatic heterocycles. The van der Waals surface area contributed by atoms with Crippen LogP contribution in [-0.2, 0) is 16.2 Å². The maximum Gasteiger partial charge on any atom is 0.226 e. The van der Waals surface area contributed by atoms with Gasteiger partial charge in [-0.1, -0.05) is 23.4 Å². The van der Waals surface area contributed by atoms with Gasteiger partial charge in [-0.25, -0.2) is 4.39 Å². The summed E-state index contributed by atoms with van der Waals surface area (Å²) in [6, 6.07) is 12.1. The molecule has 2 aliphatic rings. The van der Waals surface area contributed by atoms with Crippen molar-refractivity contribution < 1.29 is 23.5 Å². The first-order chi connectivity index (χ1) is 14.6. The van der Waals surface area contributed by atoms with Crippen molar-refractivity contribution in [2.24, 2.45) is 11.1 Å². The average Bonchev–Trinajstić information content (AvgIpc) is 3.52. The molecule has 1 fully saturated rings. The molecule has 1 heterocycles. The van der Waals surface area contributed by atoms with Crippen molar-refractivity contribution >= 4 is 11.6 Å². The minimum atomic E-state index is -0.305. The Morgan fingerprint density at radius 1 is 1.17 bits per heavy atom. The molecule has 1 saturated carbocycles. The highest BCUT2D eigenvalue weighted by atomic mass is 19.1. The van der Waals surface area contributed by atoms with Crippen LogP contribution in [0.4, 0.5) is 4.39 Å². The van der Waals surface area contributed by atoms with Crippen molar-refractivity contribution in [1.82, 2.24) is 4.90 Å². The molecule has 1 atom stereocenters. The van der Waals surface area contributed by atoms with Gasteiger partial charge in [0.15, 0.2) is 17.6 Å². The SMILES string of the molecule is COc1ccc(C2=NOC(CN(Cc3ccccc3F)C(=O)C3CC3)C2)cc1OC. The molecule has 2 aromatic rings. The van der Waals surface area contributed by atoms with E-state index in [0.717, 1.165) is 24.1 Å². The number of amides is 1. The van der Waals surface area contributed by atoms with E-state index in [1.165, 1.54) is 6.07 Å². The maximum atomic E-state index is 14.1. The van der Waals surface area contributed by atoms with Gasteiger partial charge in [-0.15, -0.1) is 0 Å². The van der Waals surface area contributed by atoms with Crippen LogP contribution in [0.5, 0.6) is 11.5 Å². The lowest BCUT2D eigenvalue weighted by molar-refractivity contribution is -0.135. The molecule has 0 radical (unpaired) electrons. The van der Waals surface area contributed by atoms with Crippen LogP contribution in [-0.4, -0.2) is 43.4 Å². The monoisotopic (exact) mass is 412 g/mol. The van der Waals surface area contributed by atoms with Crippen LogP contribution < -0.4 is 9.47 Å².